The maximum atomic E-state index is 10.3. The lowest BCUT2D eigenvalue weighted by Gasteiger charge is -1.93. The molecule has 0 aromatic carbocycles. The Kier molecular flexibility index (Phi) is 3.73. The summed E-state index contributed by atoms with van der Waals surface area (Å²) in [5.74, 6) is 0. The Bertz CT molecular complexity index is 277. The van der Waals surface area contributed by atoms with E-state index in [0.717, 1.165) is 0 Å². The molecule has 10 heteroatoms. The van der Waals surface area contributed by atoms with Gasteiger partial charge in [-0.15, -0.1) is 4.33 Å². The quantitative estimate of drug-likeness (QED) is 0.425. The third-order valence-corrected chi connectivity index (χ3v) is 2.46. The summed E-state index contributed by atoms with van der Waals surface area (Å²) in [5, 5.41) is 17.7. The second kappa shape index (κ2) is 3.82. The number of rotatable bonds is 3. The average Bonchev–Trinajstić information content (AvgIpc) is 1.88. The molecule has 0 rings (SSSR count). The molecule has 0 saturated carbocycles. The monoisotopic (exact) mass is 194 g/mol. The molecule has 1 atom stereocenters. The zero-order valence-electron chi connectivity index (χ0n) is 4.16. The van der Waals surface area contributed by atoms with Gasteiger partial charge in [0.05, 0.1) is 0 Å². The van der Waals surface area contributed by atoms with Crippen molar-refractivity contribution in [2.24, 2.45) is 0 Å². The fourth-order valence-corrected chi connectivity index (χ4v) is 0.651. The molecule has 0 aliphatic carbocycles. The van der Waals surface area contributed by atoms with Gasteiger partial charge in [0.25, 0.3) is 0 Å². The van der Waals surface area contributed by atoms with E-state index in [1.807, 2.05) is 0 Å². The van der Waals surface area contributed by atoms with Crippen molar-refractivity contribution in [1.29, 1.82) is 0 Å². The summed E-state index contributed by atoms with van der Waals surface area (Å²) >= 11 is 0. The van der Waals surface area contributed by atoms with Crippen LogP contribution in [0.5, 0.6) is 0 Å². The second-order valence-electron chi connectivity index (χ2n) is 0.829. The Morgan fingerprint density at radius 1 is 1.30 bits per heavy atom. The zero-order valence-corrected chi connectivity index (χ0v) is 5.79. The smallest absolute Gasteiger partial charge is 0.235 e. The maximum absolute atomic E-state index is 10.3. The van der Waals surface area contributed by atoms with Gasteiger partial charge in [-0.25, -0.2) is 10.5 Å². The largest absolute Gasteiger partial charge is 0.374 e. The van der Waals surface area contributed by atoms with Gasteiger partial charge >= 0.3 is 18.3 Å². The van der Waals surface area contributed by atoms with Gasteiger partial charge in [-0.3, -0.25) is 0 Å². The van der Waals surface area contributed by atoms with Crippen LogP contribution in [0.3, 0.4) is 0 Å². The molecule has 8 nitrogen and oxygen atoms in total. The van der Waals surface area contributed by atoms with Crippen LogP contribution in [-0.4, -0.2) is 23.1 Å². The van der Waals surface area contributed by atoms with Gasteiger partial charge in [-0.1, -0.05) is 9.37 Å². The van der Waals surface area contributed by atoms with Crippen molar-refractivity contribution in [3.63, 3.8) is 0 Å². The average molecular weight is 194 g/mol. The van der Waals surface area contributed by atoms with Gasteiger partial charge in [0, 0.05) is 0 Å². The first-order valence-corrected chi connectivity index (χ1v) is 4.53. The zero-order chi connectivity index (χ0) is 8.20. The molecule has 1 unspecified atom stereocenters. The van der Waals surface area contributed by atoms with E-state index in [1.165, 1.54) is 0 Å². The summed E-state index contributed by atoms with van der Waals surface area (Å²) in [7, 11) is -7.86. The minimum Gasteiger partial charge on any atom is -0.235 e. The molecular formula is H2O8S2. The highest BCUT2D eigenvalue weighted by molar-refractivity contribution is 8.32. The Morgan fingerprint density at radius 2 is 1.80 bits per heavy atom. The van der Waals surface area contributed by atoms with Crippen molar-refractivity contribution in [2.45, 2.75) is 0 Å². The van der Waals surface area contributed by atoms with Crippen LogP contribution in [0.15, 0.2) is 0 Å². The minimum absolute atomic E-state index is 2.71. The second-order valence-corrected chi connectivity index (χ2v) is 4.38. The Hall–Kier alpha value is -0.230. The van der Waals surface area contributed by atoms with Crippen LogP contribution in [0.25, 0.3) is 0 Å². The fourth-order valence-electron chi connectivity index (χ4n) is 0.0972. The molecule has 2 N–H and O–H groups in total. The lowest BCUT2D eigenvalue weighted by Crippen LogP contribution is -2.07. The minimum atomic E-state index is -4.49. The van der Waals surface area contributed by atoms with Crippen LogP contribution in [0.4, 0.5) is 0 Å². The van der Waals surface area contributed by atoms with Gasteiger partial charge in [-0.2, -0.15) is 12.6 Å². The van der Waals surface area contributed by atoms with E-state index in [-0.39, 0.29) is 0 Å². The number of hydrogen-bond acceptors (Lipinski definition) is 8. The molecule has 0 radical (unpaired) electrons. The van der Waals surface area contributed by atoms with E-state index in [2.05, 4.69) is 13.7 Å². The first-order chi connectivity index (χ1) is 4.56. The molecule has 0 aromatic rings. The van der Waals surface area contributed by atoms with E-state index in [4.69, 9.17) is 10.5 Å². The molecule has 0 aliphatic rings. The molecule has 0 saturated heterocycles. The van der Waals surface area contributed by atoms with Crippen LogP contribution < -0.4 is 0 Å². The van der Waals surface area contributed by atoms with Gasteiger partial charge in [0.2, 0.25) is 0 Å². The molecule has 10 heavy (non-hydrogen) atoms. The lowest BCUT2D eigenvalue weighted by molar-refractivity contribution is -0.441. The number of hydrogen-bond donors (Lipinski definition) is 2. The molecule has 0 heterocycles. The third kappa shape index (κ3) is 2.18. The highest BCUT2D eigenvalue weighted by Gasteiger charge is 2.13. The molecule has 0 aromatic heterocycles. The van der Waals surface area contributed by atoms with Crippen molar-refractivity contribution >= 4 is 18.3 Å². The summed E-state index contributed by atoms with van der Waals surface area (Å²) in [6, 6.07) is 0. The molecule has 62 valence electrons. The van der Waals surface area contributed by atoms with E-state index in [9.17, 15) is 12.6 Å². The van der Waals surface area contributed by atoms with Gasteiger partial charge < -0.3 is 0 Å². The van der Waals surface area contributed by atoms with Gasteiger partial charge in [0.15, 0.2) is 0 Å². The summed E-state index contributed by atoms with van der Waals surface area (Å²) in [6.45, 7) is 0. The van der Waals surface area contributed by atoms with Crippen LogP contribution >= 0.6 is 0 Å². The lowest BCUT2D eigenvalue weighted by atomic mass is 14.6. The summed E-state index contributed by atoms with van der Waals surface area (Å²) in [4.78, 5) is 0. The highest BCUT2D eigenvalue weighted by Crippen LogP contribution is 1.94. The Labute approximate surface area is 56.0 Å². The van der Waals surface area contributed by atoms with E-state index < -0.39 is 18.3 Å². The van der Waals surface area contributed by atoms with E-state index in [0.29, 0.717) is 0 Å². The molecule has 0 spiro atoms. The molecule has 0 bridgehead atoms. The SMILES string of the molecule is O=S(=O)=S(=O)(OO)OOO. The van der Waals surface area contributed by atoms with Crippen LogP contribution in [0.2, 0.25) is 0 Å². The Balaban J connectivity index is 4.99. The summed E-state index contributed by atoms with van der Waals surface area (Å²) in [5.41, 5.74) is 0. The highest BCUT2D eigenvalue weighted by atomic mass is 32.9. The molecule has 0 aliphatic heterocycles. The normalized spacial score (nSPS) is 16.2. The standard InChI is InChI=1S/H2O8S2/c1-6-8-10(5,7-2)9(3)4/h1-2H. The molecule has 0 fully saturated rings. The van der Waals surface area contributed by atoms with Crippen molar-refractivity contribution in [3.8, 4) is 0 Å². The van der Waals surface area contributed by atoms with Crippen LogP contribution in [0, 0.1) is 0 Å². The van der Waals surface area contributed by atoms with Gasteiger partial charge in [-0.05, 0) is 0 Å². The van der Waals surface area contributed by atoms with E-state index >= 15 is 0 Å². The summed E-state index contributed by atoms with van der Waals surface area (Å²) in [6.07, 6.45) is 0. The third-order valence-electron chi connectivity index (χ3n) is 0.372. The van der Waals surface area contributed by atoms with Crippen LogP contribution in [0.1, 0.15) is 0 Å². The predicted octanol–water partition coefficient (Wildman–Crippen LogP) is -1.19. The van der Waals surface area contributed by atoms with Gasteiger partial charge in [0.1, 0.15) is 0 Å². The Morgan fingerprint density at radius 3 is 1.90 bits per heavy atom. The van der Waals surface area contributed by atoms with Crippen LogP contribution in [-0.2, 0) is 32.0 Å². The van der Waals surface area contributed by atoms with Crippen molar-refractivity contribution < 1.29 is 36.8 Å². The van der Waals surface area contributed by atoms with Crippen molar-refractivity contribution in [2.75, 3.05) is 0 Å². The summed E-state index contributed by atoms with van der Waals surface area (Å²) < 4.78 is 35.8. The van der Waals surface area contributed by atoms with Crippen molar-refractivity contribution in [3.05, 3.63) is 0 Å². The predicted molar refractivity (Wildman–Crippen MR) is 25.6 cm³/mol. The first-order valence-electron chi connectivity index (χ1n) is 1.53. The topological polar surface area (TPSA) is 119 Å². The molecular weight excluding hydrogens is 192 g/mol. The van der Waals surface area contributed by atoms with Crippen molar-refractivity contribution in [1.82, 2.24) is 0 Å². The molecule has 0 amide bonds. The first kappa shape index (κ1) is 9.77. The fraction of sp³-hybridized carbons (Fsp3) is 0. The van der Waals surface area contributed by atoms with E-state index in [1.54, 1.807) is 0 Å². The maximum Gasteiger partial charge on any atom is 0.374 e.